The molecular formula is C15H15Br2NO2. The minimum absolute atomic E-state index is 0.0221. The van der Waals surface area contributed by atoms with Gasteiger partial charge in [-0.3, -0.25) is 0 Å². The van der Waals surface area contributed by atoms with Gasteiger partial charge in [-0.1, -0.05) is 22.0 Å². The highest BCUT2D eigenvalue weighted by Gasteiger charge is 2.09. The van der Waals surface area contributed by atoms with E-state index in [2.05, 4.69) is 31.9 Å². The van der Waals surface area contributed by atoms with Crippen molar-refractivity contribution in [3.63, 3.8) is 0 Å². The first-order valence-electron chi connectivity index (χ1n) is 6.07. The first-order chi connectivity index (χ1) is 9.51. The Hall–Kier alpha value is -1.04. The van der Waals surface area contributed by atoms with Gasteiger partial charge in [0.2, 0.25) is 0 Å². The van der Waals surface area contributed by atoms with E-state index in [1.54, 1.807) is 7.11 Å². The van der Waals surface area contributed by atoms with Gasteiger partial charge in [0.25, 0.3) is 0 Å². The molecule has 2 aromatic carbocycles. The molecule has 1 atom stereocenters. The van der Waals surface area contributed by atoms with Crippen LogP contribution in [0.4, 0.5) is 0 Å². The van der Waals surface area contributed by atoms with Gasteiger partial charge in [0.1, 0.15) is 17.2 Å². The van der Waals surface area contributed by atoms with Crippen molar-refractivity contribution in [1.82, 2.24) is 0 Å². The predicted molar refractivity (Wildman–Crippen MR) is 87.5 cm³/mol. The van der Waals surface area contributed by atoms with Crippen LogP contribution in [0.25, 0.3) is 0 Å². The maximum Gasteiger partial charge on any atom is 0.141 e. The molecule has 2 aromatic rings. The monoisotopic (exact) mass is 399 g/mol. The molecule has 106 valence electrons. The van der Waals surface area contributed by atoms with Crippen LogP contribution in [-0.4, -0.2) is 7.11 Å². The van der Waals surface area contributed by atoms with E-state index < -0.39 is 0 Å². The Bertz CT molecular complexity index is 615. The van der Waals surface area contributed by atoms with E-state index in [-0.39, 0.29) is 6.04 Å². The second kappa shape index (κ2) is 6.61. The summed E-state index contributed by atoms with van der Waals surface area (Å²) in [4.78, 5) is 0. The molecule has 0 spiro atoms. The van der Waals surface area contributed by atoms with Crippen LogP contribution in [0.15, 0.2) is 45.3 Å². The second-order valence-corrected chi connectivity index (χ2v) is 6.08. The molecule has 0 bridgehead atoms. The van der Waals surface area contributed by atoms with E-state index in [0.29, 0.717) is 0 Å². The van der Waals surface area contributed by atoms with E-state index in [4.69, 9.17) is 15.2 Å². The maximum atomic E-state index is 5.88. The van der Waals surface area contributed by atoms with E-state index in [9.17, 15) is 0 Å². The minimum atomic E-state index is -0.0221. The molecule has 0 aliphatic rings. The molecule has 0 aliphatic heterocycles. The number of methoxy groups -OCH3 is 1. The molecule has 20 heavy (non-hydrogen) atoms. The summed E-state index contributed by atoms with van der Waals surface area (Å²) < 4.78 is 12.8. The summed E-state index contributed by atoms with van der Waals surface area (Å²) in [6.07, 6.45) is 0. The SMILES string of the molecule is COc1ccc(Oc2ccc([C@H](C)N)c(Br)c2)c(Br)c1. The van der Waals surface area contributed by atoms with Crippen LogP contribution < -0.4 is 15.2 Å². The summed E-state index contributed by atoms with van der Waals surface area (Å²) in [5.74, 6) is 2.25. The lowest BCUT2D eigenvalue weighted by atomic mass is 10.1. The third kappa shape index (κ3) is 3.53. The first-order valence-corrected chi connectivity index (χ1v) is 7.66. The van der Waals surface area contributed by atoms with E-state index in [1.165, 1.54) is 0 Å². The van der Waals surface area contributed by atoms with Gasteiger partial charge in [-0.25, -0.2) is 0 Å². The Morgan fingerprint density at radius 3 is 2.20 bits per heavy atom. The highest BCUT2D eigenvalue weighted by Crippen LogP contribution is 2.34. The van der Waals surface area contributed by atoms with Gasteiger partial charge >= 0.3 is 0 Å². The summed E-state index contributed by atoms with van der Waals surface area (Å²) in [5.41, 5.74) is 6.93. The van der Waals surface area contributed by atoms with Crippen LogP contribution in [-0.2, 0) is 0 Å². The number of ether oxygens (including phenoxy) is 2. The maximum absolute atomic E-state index is 5.88. The molecule has 0 amide bonds. The van der Waals surface area contributed by atoms with Crippen LogP contribution >= 0.6 is 31.9 Å². The van der Waals surface area contributed by atoms with Crippen molar-refractivity contribution >= 4 is 31.9 Å². The number of nitrogens with two attached hydrogens (primary N) is 1. The van der Waals surface area contributed by atoms with Crippen LogP contribution in [0.5, 0.6) is 17.2 Å². The van der Waals surface area contributed by atoms with Crippen molar-refractivity contribution in [2.75, 3.05) is 7.11 Å². The Kier molecular flexibility index (Phi) is 5.07. The summed E-state index contributed by atoms with van der Waals surface area (Å²) in [6, 6.07) is 11.3. The molecular weight excluding hydrogens is 386 g/mol. The van der Waals surface area contributed by atoms with Crippen molar-refractivity contribution in [3.8, 4) is 17.2 Å². The molecule has 5 heteroatoms. The zero-order valence-electron chi connectivity index (χ0n) is 11.2. The number of benzene rings is 2. The van der Waals surface area contributed by atoms with Gasteiger partial charge in [0, 0.05) is 10.5 Å². The van der Waals surface area contributed by atoms with Crippen LogP contribution in [0, 0.1) is 0 Å². The average Bonchev–Trinajstić information content (AvgIpc) is 2.40. The second-order valence-electron chi connectivity index (χ2n) is 4.37. The number of rotatable bonds is 4. The van der Waals surface area contributed by atoms with Crippen molar-refractivity contribution < 1.29 is 9.47 Å². The number of hydrogen-bond donors (Lipinski definition) is 1. The summed E-state index contributed by atoms with van der Waals surface area (Å²) in [7, 11) is 1.63. The Labute approximate surface area is 135 Å². The fraction of sp³-hybridized carbons (Fsp3) is 0.200. The summed E-state index contributed by atoms with van der Waals surface area (Å²) >= 11 is 6.98. The van der Waals surface area contributed by atoms with Crippen LogP contribution in [0.3, 0.4) is 0 Å². The normalized spacial score (nSPS) is 12.1. The van der Waals surface area contributed by atoms with E-state index in [0.717, 1.165) is 31.8 Å². The highest BCUT2D eigenvalue weighted by molar-refractivity contribution is 9.10. The van der Waals surface area contributed by atoms with Gasteiger partial charge in [-0.15, -0.1) is 0 Å². The van der Waals surface area contributed by atoms with Gasteiger partial charge in [-0.2, -0.15) is 0 Å². The minimum Gasteiger partial charge on any atom is -0.497 e. The van der Waals surface area contributed by atoms with Crippen molar-refractivity contribution in [3.05, 3.63) is 50.9 Å². The van der Waals surface area contributed by atoms with Gasteiger partial charge in [0.05, 0.1) is 11.6 Å². The summed E-state index contributed by atoms with van der Waals surface area (Å²) in [6.45, 7) is 1.95. The molecule has 3 nitrogen and oxygen atoms in total. The predicted octanol–water partition coefficient (Wildman–Crippen LogP) is 5.03. The highest BCUT2D eigenvalue weighted by atomic mass is 79.9. The first kappa shape index (κ1) is 15.4. The lowest BCUT2D eigenvalue weighted by molar-refractivity contribution is 0.412. The van der Waals surface area contributed by atoms with Gasteiger partial charge in [-0.05, 0) is 58.7 Å². The molecule has 0 saturated heterocycles. The molecule has 0 saturated carbocycles. The quantitative estimate of drug-likeness (QED) is 0.782. The molecule has 2 rings (SSSR count). The average molecular weight is 401 g/mol. The Balaban J connectivity index is 2.24. The smallest absolute Gasteiger partial charge is 0.141 e. The molecule has 0 aliphatic carbocycles. The molecule has 2 N–H and O–H groups in total. The Morgan fingerprint density at radius 1 is 1.00 bits per heavy atom. The zero-order chi connectivity index (χ0) is 14.7. The largest absolute Gasteiger partial charge is 0.497 e. The van der Waals surface area contributed by atoms with E-state index >= 15 is 0 Å². The lowest BCUT2D eigenvalue weighted by Crippen LogP contribution is -2.05. The van der Waals surface area contributed by atoms with Gasteiger partial charge < -0.3 is 15.2 Å². The fourth-order valence-electron chi connectivity index (χ4n) is 1.76. The Morgan fingerprint density at radius 2 is 1.65 bits per heavy atom. The molecule has 0 heterocycles. The molecule has 0 fully saturated rings. The van der Waals surface area contributed by atoms with Crippen molar-refractivity contribution in [2.24, 2.45) is 5.73 Å². The molecule has 0 unspecified atom stereocenters. The number of hydrogen-bond acceptors (Lipinski definition) is 3. The van der Waals surface area contributed by atoms with Gasteiger partial charge in [0.15, 0.2) is 0 Å². The molecule has 0 aromatic heterocycles. The number of halogens is 2. The topological polar surface area (TPSA) is 44.5 Å². The molecule has 0 radical (unpaired) electrons. The summed E-state index contributed by atoms with van der Waals surface area (Å²) in [5, 5.41) is 0. The van der Waals surface area contributed by atoms with E-state index in [1.807, 2.05) is 43.3 Å². The standard InChI is InChI=1S/C15H15Br2NO2/c1-9(18)12-5-3-11(8-13(12)16)20-15-6-4-10(19-2)7-14(15)17/h3-9H,18H2,1-2H3/t9-/m0/s1. The van der Waals surface area contributed by atoms with Crippen molar-refractivity contribution in [2.45, 2.75) is 13.0 Å². The lowest BCUT2D eigenvalue weighted by Gasteiger charge is -2.12. The fourth-order valence-corrected chi connectivity index (χ4v) is 2.92. The van der Waals surface area contributed by atoms with Crippen molar-refractivity contribution in [1.29, 1.82) is 0 Å². The third-order valence-corrected chi connectivity index (χ3v) is 4.14. The van der Waals surface area contributed by atoms with Crippen LogP contribution in [0.1, 0.15) is 18.5 Å². The third-order valence-electron chi connectivity index (χ3n) is 2.83. The zero-order valence-corrected chi connectivity index (χ0v) is 14.4. The van der Waals surface area contributed by atoms with Crippen LogP contribution in [0.2, 0.25) is 0 Å².